The Hall–Kier alpha value is -0.120. The molecule has 0 saturated carbocycles. The van der Waals surface area contributed by atoms with Gasteiger partial charge in [-0.05, 0) is 41.0 Å². The van der Waals surface area contributed by atoms with E-state index in [0.717, 1.165) is 19.5 Å². The summed E-state index contributed by atoms with van der Waals surface area (Å²) in [5, 5.41) is 9.76. The van der Waals surface area contributed by atoms with Gasteiger partial charge in [-0.2, -0.15) is 0 Å². The smallest absolute Gasteiger partial charge is 0.0872 e. The lowest BCUT2D eigenvalue weighted by molar-refractivity contribution is -0.134. The first-order valence-electron chi connectivity index (χ1n) is 5.78. The molecule has 2 aliphatic rings. The summed E-state index contributed by atoms with van der Waals surface area (Å²) >= 11 is 0. The highest BCUT2D eigenvalue weighted by Crippen LogP contribution is 2.42. The molecule has 2 aliphatic heterocycles. The molecule has 0 aromatic rings. The van der Waals surface area contributed by atoms with Crippen LogP contribution in [-0.2, 0) is 4.74 Å². The second-order valence-electron chi connectivity index (χ2n) is 6.59. The Morgan fingerprint density at radius 2 is 1.67 bits per heavy atom. The zero-order valence-corrected chi connectivity index (χ0v) is 10.5. The summed E-state index contributed by atoms with van der Waals surface area (Å²) in [7, 11) is 0. The van der Waals surface area contributed by atoms with Crippen LogP contribution in [0.1, 0.15) is 41.0 Å². The molecule has 0 spiro atoms. The predicted molar refractivity (Wildman–Crippen MR) is 59.8 cm³/mol. The Labute approximate surface area is 92.4 Å². The quantitative estimate of drug-likeness (QED) is 0.714. The summed E-state index contributed by atoms with van der Waals surface area (Å²) in [6.45, 7) is 12.1. The van der Waals surface area contributed by atoms with Gasteiger partial charge in [0.05, 0.1) is 16.8 Å². The fourth-order valence-electron chi connectivity index (χ4n) is 3.15. The number of ether oxygens (including phenoxy) is 1. The Kier molecular flexibility index (Phi) is 2.25. The summed E-state index contributed by atoms with van der Waals surface area (Å²) in [5.74, 6) is 0. The van der Waals surface area contributed by atoms with Crippen molar-refractivity contribution in [3.8, 4) is 0 Å². The fraction of sp³-hybridized carbons (Fsp3) is 1.00. The molecule has 88 valence electrons. The minimum atomic E-state index is -0.483. The maximum Gasteiger partial charge on any atom is 0.0872 e. The summed E-state index contributed by atoms with van der Waals surface area (Å²) in [6, 6.07) is 0.438. The van der Waals surface area contributed by atoms with Gasteiger partial charge in [0, 0.05) is 19.1 Å². The maximum atomic E-state index is 9.76. The third kappa shape index (κ3) is 2.05. The van der Waals surface area contributed by atoms with Gasteiger partial charge >= 0.3 is 0 Å². The number of β-amino-alcohol motifs (C(OH)–C–C–N with tert-alkyl or cyclic N) is 1. The molecule has 0 aromatic carbocycles. The highest BCUT2D eigenvalue weighted by Gasteiger charge is 2.52. The maximum absolute atomic E-state index is 9.76. The Morgan fingerprint density at radius 3 is 2.00 bits per heavy atom. The molecule has 2 rings (SSSR count). The average molecular weight is 213 g/mol. The lowest BCUT2D eigenvalue weighted by Crippen LogP contribution is -2.65. The molecule has 1 atom stereocenters. The molecular formula is C12H23NO2. The minimum Gasteiger partial charge on any atom is -0.388 e. The molecule has 3 nitrogen and oxygen atoms in total. The predicted octanol–water partition coefficient (Wildman–Crippen LogP) is 1.40. The largest absolute Gasteiger partial charge is 0.388 e. The van der Waals surface area contributed by atoms with Gasteiger partial charge in [-0.15, -0.1) is 0 Å². The normalized spacial score (nSPS) is 37.6. The van der Waals surface area contributed by atoms with E-state index in [0.29, 0.717) is 6.04 Å². The third-order valence-electron chi connectivity index (χ3n) is 3.55. The van der Waals surface area contributed by atoms with E-state index in [1.54, 1.807) is 0 Å². The van der Waals surface area contributed by atoms with Crippen molar-refractivity contribution in [2.45, 2.75) is 63.9 Å². The van der Waals surface area contributed by atoms with Crippen molar-refractivity contribution in [3.63, 3.8) is 0 Å². The van der Waals surface area contributed by atoms with Gasteiger partial charge in [-0.3, -0.25) is 4.90 Å². The van der Waals surface area contributed by atoms with Crippen molar-refractivity contribution in [1.82, 2.24) is 4.90 Å². The van der Waals surface area contributed by atoms with Gasteiger partial charge in [0.25, 0.3) is 0 Å². The van der Waals surface area contributed by atoms with E-state index >= 15 is 0 Å². The van der Waals surface area contributed by atoms with Gasteiger partial charge in [0.15, 0.2) is 0 Å². The molecule has 0 radical (unpaired) electrons. The lowest BCUT2D eigenvalue weighted by atomic mass is 9.86. The summed E-state index contributed by atoms with van der Waals surface area (Å²) in [4.78, 5) is 2.34. The van der Waals surface area contributed by atoms with Crippen LogP contribution in [0.2, 0.25) is 0 Å². The molecule has 0 aromatic heterocycles. The SMILES string of the molecule is CC1(O)CN(C2CC(C)(C)OC2(C)C)C1. The van der Waals surface area contributed by atoms with Gasteiger partial charge in [-0.1, -0.05) is 0 Å². The molecule has 2 saturated heterocycles. The first-order chi connectivity index (χ1) is 6.61. The Bertz CT molecular complexity index is 263. The van der Waals surface area contributed by atoms with Crippen LogP contribution in [0.3, 0.4) is 0 Å². The van der Waals surface area contributed by atoms with Crippen molar-refractivity contribution in [2.75, 3.05) is 13.1 Å². The topological polar surface area (TPSA) is 32.7 Å². The molecule has 15 heavy (non-hydrogen) atoms. The van der Waals surface area contributed by atoms with Gasteiger partial charge in [0.1, 0.15) is 0 Å². The number of nitrogens with zero attached hydrogens (tertiary/aromatic N) is 1. The van der Waals surface area contributed by atoms with Crippen LogP contribution in [0.25, 0.3) is 0 Å². The van der Waals surface area contributed by atoms with Crippen LogP contribution in [0.5, 0.6) is 0 Å². The summed E-state index contributed by atoms with van der Waals surface area (Å²) in [6.07, 6.45) is 1.05. The van der Waals surface area contributed by atoms with E-state index in [1.807, 2.05) is 6.92 Å². The number of aliphatic hydroxyl groups is 1. The van der Waals surface area contributed by atoms with Crippen LogP contribution in [0, 0.1) is 0 Å². The molecule has 0 aliphatic carbocycles. The third-order valence-corrected chi connectivity index (χ3v) is 3.55. The Morgan fingerprint density at radius 1 is 1.13 bits per heavy atom. The second-order valence-corrected chi connectivity index (χ2v) is 6.59. The fourth-order valence-corrected chi connectivity index (χ4v) is 3.15. The first-order valence-corrected chi connectivity index (χ1v) is 5.78. The van der Waals surface area contributed by atoms with Gasteiger partial charge in [0.2, 0.25) is 0 Å². The molecule has 1 unspecified atom stereocenters. The van der Waals surface area contributed by atoms with Crippen molar-refractivity contribution in [1.29, 1.82) is 0 Å². The van der Waals surface area contributed by atoms with Crippen molar-refractivity contribution < 1.29 is 9.84 Å². The zero-order valence-electron chi connectivity index (χ0n) is 10.5. The monoisotopic (exact) mass is 213 g/mol. The van der Waals surface area contributed by atoms with Crippen LogP contribution < -0.4 is 0 Å². The average Bonchev–Trinajstić information content (AvgIpc) is 2.13. The molecule has 0 amide bonds. The van der Waals surface area contributed by atoms with Gasteiger partial charge in [-0.25, -0.2) is 0 Å². The summed E-state index contributed by atoms with van der Waals surface area (Å²) < 4.78 is 6.05. The van der Waals surface area contributed by atoms with E-state index in [1.165, 1.54) is 0 Å². The van der Waals surface area contributed by atoms with E-state index in [9.17, 15) is 5.11 Å². The number of rotatable bonds is 1. The highest BCUT2D eigenvalue weighted by molar-refractivity contribution is 5.05. The van der Waals surface area contributed by atoms with Crippen molar-refractivity contribution >= 4 is 0 Å². The summed E-state index contributed by atoms with van der Waals surface area (Å²) in [5.41, 5.74) is -0.613. The molecule has 0 bridgehead atoms. The molecule has 1 N–H and O–H groups in total. The minimum absolute atomic E-state index is 0.0321. The van der Waals surface area contributed by atoms with Crippen LogP contribution in [0.15, 0.2) is 0 Å². The first kappa shape index (κ1) is 11.4. The molecular weight excluding hydrogens is 190 g/mol. The van der Waals surface area contributed by atoms with Gasteiger partial charge < -0.3 is 9.84 Å². The van der Waals surface area contributed by atoms with Crippen LogP contribution >= 0.6 is 0 Å². The van der Waals surface area contributed by atoms with Crippen LogP contribution in [0.4, 0.5) is 0 Å². The molecule has 2 fully saturated rings. The highest BCUT2D eigenvalue weighted by atomic mass is 16.5. The van der Waals surface area contributed by atoms with E-state index < -0.39 is 5.60 Å². The van der Waals surface area contributed by atoms with Crippen molar-refractivity contribution in [3.05, 3.63) is 0 Å². The van der Waals surface area contributed by atoms with Crippen molar-refractivity contribution in [2.24, 2.45) is 0 Å². The van der Waals surface area contributed by atoms with E-state index in [4.69, 9.17) is 4.74 Å². The lowest BCUT2D eigenvalue weighted by Gasteiger charge is -2.50. The Balaban J connectivity index is 2.05. The van der Waals surface area contributed by atoms with Crippen LogP contribution in [-0.4, -0.2) is 45.9 Å². The number of hydrogen-bond donors (Lipinski definition) is 1. The number of hydrogen-bond acceptors (Lipinski definition) is 3. The zero-order chi connectivity index (χ0) is 11.5. The number of likely N-dealkylation sites (tertiary alicyclic amines) is 1. The van der Waals surface area contributed by atoms with E-state index in [2.05, 4.69) is 32.6 Å². The second kappa shape index (κ2) is 2.96. The standard InChI is InChI=1S/C12H23NO2/c1-10(2)6-9(11(3,4)15-10)13-7-12(5,14)8-13/h9,14H,6-8H2,1-5H3. The van der Waals surface area contributed by atoms with E-state index in [-0.39, 0.29) is 11.2 Å². The molecule has 2 heterocycles. The molecule has 3 heteroatoms.